The first-order valence-corrected chi connectivity index (χ1v) is 13.8. The summed E-state index contributed by atoms with van der Waals surface area (Å²) in [6.07, 6.45) is 3.75. The second-order valence-electron chi connectivity index (χ2n) is 9.20. The topological polar surface area (TPSA) is 71.2 Å². The van der Waals surface area contributed by atoms with Crippen LogP contribution in [0.1, 0.15) is 35.6 Å². The molecule has 6 rings (SSSR count). The minimum Gasteiger partial charge on any atom is -0.483 e. The van der Waals surface area contributed by atoms with Crippen LogP contribution in [0.25, 0.3) is 0 Å². The fourth-order valence-corrected chi connectivity index (χ4v) is 9.16. The number of nitrogens with one attached hydrogen (secondary N) is 2. The lowest BCUT2D eigenvalue weighted by Crippen LogP contribution is -2.34. The number of fused-ring (bicyclic) bond motifs is 6. The van der Waals surface area contributed by atoms with Crippen LogP contribution in [-0.2, 0) is 4.79 Å². The number of thioether (sulfide) groups is 1. The average molecular weight is 534 g/mol. The molecule has 2 bridgehead atoms. The predicted molar refractivity (Wildman–Crippen MR) is 138 cm³/mol. The van der Waals surface area contributed by atoms with Gasteiger partial charge >= 0.3 is 4.87 Å². The molecule has 1 aliphatic heterocycles. The lowest BCUT2D eigenvalue weighted by Gasteiger charge is -2.40. The second-order valence-corrected chi connectivity index (χ2v) is 12.3. The number of hydrogen-bond acceptors (Lipinski definition) is 5. The number of carbonyl (C=O) groups is 1. The van der Waals surface area contributed by atoms with Gasteiger partial charge in [-0.05, 0) is 79.5 Å². The molecular formula is C25H22Cl2N2O3S2. The molecule has 2 N–H and O–H groups in total. The van der Waals surface area contributed by atoms with Crippen LogP contribution in [0.3, 0.4) is 0 Å². The number of hydrogen-bond donors (Lipinski definition) is 2. The zero-order valence-corrected chi connectivity index (χ0v) is 21.2. The first-order valence-electron chi connectivity index (χ1n) is 11.3. The van der Waals surface area contributed by atoms with Gasteiger partial charge in [-0.25, -0.2) is 0 Å². The molecule has 34 heavy (non-hydrogen) atoms. The molecule has 3 aromatic rings. The zero-order chi connectivity index (χ0) is 23.4. The smallest absolute Gasteiger partial charge is 0.305 e. The molecule has 2 aliphatic carbocycles. The van der Waals surface area contributed by atoms with E-state index in [9.17, 15) is 9.59 Å². The highest BCUT2D eigenvalue weighted by Gasteiger charge is 2.55. The van der Waals surface area contributed by atoms with E-state index in [1.54, 1.807) is 30.3 Å². The Morgan fingerprint density at radius 2 is 1.85 bits per heavy atom. The maximum absolute atomic E-state index is 12.6. The van der Waals surface area contributed by atoms with Gasteiger partial charge in [-0.15, -0.1) is 11.8 Å². The molecule has 1 amide bonds. The molecule has 2 aromatic carbocycles. The Bertz CT molecular complexity index is 1310. The summed E-state index contributed by atoms with van der Waals surface area (Å²) in [5, 5.41) is 5.53. The van der Waals surface area contributed by atoms with E-state index in [1.807, 2.05) is 23.9 Å². The van der Waals surface area contributed by atoms with Gasteiger partial charge in [0.1, 0.15) is 5.75 Å². The van der Waals surface area contributed by atoms with Crippen LogP contribution >= 0.6 is 46.3 Å². The molecule has 2 fully saturated rings. The lowest BCUT2D eigenvalue weighted by molar-refractivity contribution is -0.118. The van der Waals surface area contributed by atoms with Gasteiger partial charge in [-0.1, -0.05) is 34.5 Å². The number of carbonyl (C=O) groups excluding carboxylic acids is 1. The highest BCUT2D eigenvalue weighted by atomic mass is 35.5. The van der Waals surface area contributed by atoms with Crippen molar-refractivity contribution in [1.82, 2.24) is 4.98 Å². The molecule has 0 radical (unpaired) electrons. The van der Waals surface area contributed by atoms with E-state index in [0.29, 0.717) is 44.5 Å². The van der Waals surface area contributed by atoms with Crippen molar-refractivity contribution < 1.29 is 9.53 Å². The first-order chi connectivity index (χ1) is 16.5. The van der Waals surface area contributed by atoms with E-state index in [1.165, 1.54) is 30.6 Å². The van der Waals surface area contributed by atoms with Gasteiger partial charge in [0.2, 0.25) is 0 Å². The number of ether oxygens (including phenoxy) is 1. The summed E-state index contributed by atoms with van der Waals surface area (Å²) in [4.78, 5) is 29.0. The van der Waals surface area contributed by atoms with Gasteiger partial charge in [0, 0.05) is 37.3 Å². The number of aromatic nitrogens is 1. The van der Waals surface area contributed by atoms with Crippen molar-refractivity contribution in [2.24, 2.45) is 17.8 Å². The minimum absolute atomic E-state index is 0.0262. The summed E-state index contributed by atoms with van der Waals surface area (Å²) >= 11 is 15.5. The molecule has 5 atom stereocenters. The number of thiazole rings is 1. The largest absolute Gasteiger partial charge is 0.483 e. The first kappa shape index (κ1) is 22.5. The van der Waals surface area contributed by atoms with Crippen LogP contribution in [-0.4, -0.2) is 22.7 Å². The van der Waals surface area contributed by atoms with Crippen molar-refractivity contribution in [3.05, 3.63) is 72.6 Å². The van der Waals surface area contributed by atoms with Crippen LogP contribution < -0.4 is 14.9 Å². The molecule has 1 aromatic heterocycles. The Balaban J connectivity index is 1.30. The van der Waals surface area contributed by atoms with E-state index in [-0.39, 0.29) is 23.3 Å². The van der Waals surface area contributed by atoms with E-state index in [0.717, 1.165) is 15.5 Å². The highest BCUT2D eigenvalue weighted by Crippen LogP contribution is 2.64. The zero-order valence-electron chi connectivity index (χ0n) is 18.1. The number of H-pyrrole nitrogens is 1. The molecule has 2 saturated carbocycles. The quantitative estimate of drug-likeness (QED) is 0.398. The van der Waals surface area contributed by atoms with Gasteiger partial charge in [0.25, 0.3) is 5.91 Å². The number of aromatic amines is 1. The minimum atomic E-state index is -0.257. The fourth-order valence-electron chi connectivity index (χ4n) is 5.96. The standard InChI is InChI=1S/C25H22Cl2N2O3S2/c26-14-3-6-16(7-4-14)28-19(30)11-32-18-8-5-15(27)10-17(18)21-20-12-1-2-13(9-12)22(20)33-24-23(21)34-25(31)29-24/h3-8,10,12-13,20-22H,1-2,9,11H2,(H,28,30)(H,29,31)/t12-,13-,20+,21-,22+/m0/s1. The van der Waals surface area contributed by atoms with Gasteiger partial charge in [0.05, 0.1) is 5.03 Å². The van der Waals surface area contributed by atoms with Crippen LogP contribution in [0, 0.1) is 17.8 Å². The highest BCUT2D eigenvalue weighted by molar-refractivity contribution is 8.00. The van der Waals surface area contributed by atoms with E-state index < -0.39 is 0 Å². The number of halogens is 2. The summed E-state index contributed by atoms with van der Waals surface area (Å²) in [6.45, 7) is -0.130. The molecule has 3 aliphatic rings. The average Bonchev–Trinajstić information content (AvgIpc) is 3.52. The number of anilines is 1. The second kappa shape index (κ2) is 8.94. The number of benzene rings is 2. The van der Waals surface area contributed by atoms with Crippen molar-refractivity contribution in [1.29, 1.82) is 0 Å². The molecule has 5 nitrogen and oxygen atoms in total. The van der Waals surface area contributed by atoms with Crippen LogP contribution in [0.4, 0.5) is 5.69 Å². The summed E-state index contributed by atoms with van der Waals surface area (Å²) < 4.78 is 6.07. The molecule has 0 saturated heterocycles. The third kappa shape index (κ3) is 4.06. The Hall–Kier alpha value is -1.93. The predicted octanol–water partition coefficient (Wildman–Crippen LogP) is 6.41. The maximum atomic E-state index is 12.6. The molecule has 0 spiro atoms. The summed E-state index contributed by atoms with van der Waals surface area (Å²) in [5.74, 6) is 2.18. The van der Waals surface area contributed by atoms with Gasteiger partial charge in [-0.2, -0.15) is 0 Å². The Morgan fingerprint density at radius 1 is 1.09 bits per heavy atom. The number of amides is 1. The molecule has 176 valence electrons. The maximum Gasteiger partial charge on any atom is 0.305 e. The lowest BCUT2D eigenvalue weighted by atomic mass is 9.74. The normalized spacial score (nSPS) is 26.7. The Morgan fingerprint density at radius 3 is 2.68 bits per heavy atom. The summed E-state index contributed by atoms with van der Waals surface area (Å²) in [6, 6.07) is 12.5. The Kier molecular flexibility index (Phi) is 5.92. The molecular weight excluding hydrogens is 511 g/mol. The van der Waals surface area contributed by atoms with Crippen LogP contribution in [0.5, 0.6) is 5.75 Å². The summed E-state index contributed by atoms with van der Waals surface area (Å²) in [5.41, 5.74) is 1.62. The van der Waals surface area contributed by atoms with Crippen LogP contribution in [0.15, 0.2) is 52.3 Å². The van der Waals surface area contributed by atoms with Crippen molar-refractivity contribution >= 4 is 57.9 Å². The monoisotopic (exact) mass is 532 g/mol. The third-order valence-corrected chi connectivity index (χ3v) is 10.4. The SMILES string of the molecule is O=C(COc1ccc(Cl)cc1[C@@H]1c2sc(=O)[nH]c2S[C@@H]2[C@H]3CC[C@@H](C3)[C@H]12)Nc1ccc(Cl)cc1. The van der Waals surface area contributed by atoms with Crippen LogP contribution in [0.2, 0.25) is 10.0 Å². The van der Waals surface area contributed by atoms with Crippen molar-refractivity contribution in [2.45, 2.75) is 35.5 Å². The van der Waals surface area contributed by atoms with Crippen molar-refractivity contribution in [3.63, 3.8) is 0 Å². The third-order valence-electron chi connectivity index (χ3n) is 7.26. The summed E-state index contributed by atoms with van der Waals surface area (Å²) in [7, 11) is 0. The molecule has 9 heteroatoms. The van der Waals surface area contributed by atoms with Gasteiger partial charge in [0.15, 0.2) is 6.61 Å². The fraction of sp³-hybridized carbons (Fsp3) is 0.360. The number of rotatable bonds is 5. The molecule has 0 unspecified atom stereocenters. The van der Waals surface area contributed by atoms with Gasteiger partial charge < -0.3 is 15.0 Å². The molecule has 2 heterocycles. The van der Waals surface area contributed by atoms with E-state index in [2.05, 4.69) is 10.3 Å². The van der Waals surface area contributed by atoms with Crippen molar-refractivity contribution in [3.8, 4) is 5.75 Å². The van der Waals surface area contributed by atoms with E-state index in [4.69, 9.17) is 27.9 Å². The van der Waals surface area contributed by atoms with Crippen molar-refractivity contribution in [2.75, 3.05) is 11.9 Å². The Labute approximate surface area is 215 Å². The van der Waals surface area contributed by atoms with E-state index >= 15 is 0 Å². The van der Waals surface area contributed by atoms with Gasteiger partial charge in [-0.3, -0.25) is 9.59 Å².